The molecule has 1 aromatic heterocycles. The molecule has 2 aromatic rings. The lowest BCUT2D eigenvalue weighted by molar-refractivity contribution is 0.182. The van der Waals surface area contributed by atoms with Crippen molar-refractivity contribution in [1.29, 1.82) is 0 Å². The van der Waals surface area contributed by atoms with Gasteiger partial charge in [-0.2, -0.15) is 0 Å². The van der Waals surface area contributed by atoms with Crippen molar-refractivity contribution in [3.8, 4) is 0 Å². The molecule has 0 spiro atoms. The van der Waals surface area contributed by atoms with Gasteiger partial charge in [-0.15, -0.1) is 0 Å². The second kappa shape index (κ2) is 4.96. The van der Waals surface area contributed by atoms with Crippen LogP contribution in [0.5, 0.6) is 0 Å². The van der Waals surface area contributed by atoms with Crippen LogP contribution in [0.3, 0.4) is 0 Å². The van der Waals surface area contributed by atoms with Crippen LogP contribution in [0.1, 0.15) is 19.8 Å². The van der Waals surface area contributed by atoms with Crippen molar-refractivity contribution in [3.63, 3.8) is 0 Å². The normalized spacial score (nSPS) is 19.6. The molecule has 19 heavy (non-hydrogen) atoms. The number of hydrogen-bond acceptors (Lipinski definition) is 1. The molecule has 0 unspecified atom stereocenters. The van der Waals surface area contributed by atoms with Gasteiger partial charge in [0.15, 0.2) is 0 Å². The lowest BCUT2D eigenvalue weighted by Gasteiger charge is -2.30. The predicted molar refractivity (Wildman–Crippen MR) is 77.3 cm³/mol. The Morgan fingerprint density at radius 3 is 3.11 bits per heavy atom. The Balaban J connectivity index is 1.75. The summed E-state index contributed by atoms with van der Waals surface area (Å²) in [6.07, 6.45) is 4.18. The molecule has 1 aliphatic rings. The zero-order valence-electron chi connectivity index (χ0n) is 11.1. The minimum atomic E-state index is 0.0105. The molecule has 1 atom stereocenters. The standard InChI is InChI=1S/C15H19N3O/c1-11-5-4-8-18(10-11)15(19)17-14-9-16-13-7-3-2-6-12(13)14/h2-3,6-7,9,11,16H,4-5,8,10H2,1H3,(H,17,19)/t11-/m0/s1. The van der Waals surface area contributed by atoms with Gasteiger partial charge in [0.2, 0.25) is 0 Å². The number of aromatic amines is 1. The highest BCUT2D eigenvalue weighted by atomic mass is 16.2. The highest BCUT2D eigenvalue weighted by Gasteiger charge is 2.21. The number of amides is 2. The van der Waals surface area contributed by atoms with Crippen molar-refractivity contribution in [2.24, 2.45) is 5.92 Å². The summed E-state index contributed by atoms with van der Waals surface area (Å²) in [5.74, 6) is 0.600. The highest BCUT2D eigenvalue weighted by Crippen LogP contribution is 2.23. The molecule has 100 valence electrons. The molecule has 0 aliphatic carbocycles. The highest BCUT2D eigenvalue weighted by molar-refractivity contribution is 6.00. The van der Waals surface area contributed by atoms with Crippen molar-refractivity contribution in [2.45, 2.75) is 19.8 Å². The first-order valence-corrected chi connectivity index (χ1v) is 6.86. The molecule has 4 nitrogen and oxygen atoms in total. The van der Waals surface area contributed by atoms with Crippen LogP contribution in [0.2, 0.25) is 0 Å². The molecule has 3 rings (SSSR count). The van der Waals surface area contributed by atoms with E-state index < -0.39 is 0 Å². The summed E-state index contributed by atoms with van der Waals surface area (Å²) in [6, 6.07) is 8.00. The average Bonchev–Trinajstić information content (AvgIpc) is 2.82. The Bertz CT molecular complexity index is 590. The summed E-state index contributed by atoms with van der Waals surface area (Å²) in [6.45, 7) is 3.91. The van der Waals surface area contributed by atoms with Crippen molar-refractivity contribution < 1.29 is 4.79 Å². The first-order valence-electron chi connectivity index (χ1n) is 6.86. The molecular formula is C15H19N3O. The molecule has 0 radical (unpaired) electrons. The van der Waals surface area contributed by atoms with E-state index in [9.17, 15) is 4.79 Å². The Labute approximate surface area is 112 Å². The fourth-order valence-corrected chi connectivity index (χ4v) is 2.74. The number of anilines is 1. The van der Waals surface area contributed by atoms with Crippen LogP contribution >= 0.6 is 0 Å². The van der Waals surface area contributed by atoms with E-state index in [1.807, 2.05) is 35.4 Å². The second-order valence-corrected chi connectivity index (χ2v) is 5.37. The van der Waals surface area contributed by atoms with Crippen LogP contribution in [0.15, 0.2) is 30.5 Å². The van der Waals surface area contributed by atoms with Crippen LogP contribution in [0.25, 0.3) is 10.9 Å². The van der Waals surface area contributed by atoms with Crippen LogP contribution < -0.4 is 5.32 Å². The topological polar surface area (TPSA) is 48.1 Å². The zero-order chi connectivity index (χ0) is 13.2. The van der Waals surface area contributed by atoms with E-state index in [0.29, 0.717) is 5.92 Å². The lowest BCUT2D eigenvalue weighted by Crippen LogP contribution is -2.41. The molecule has 1 saturated heterocycles. The summed E-state index contributed by atoms with van der Waals surface area (Å²) in [4.78, 5) is 17.3. The van der Waals surface area contributed by atoms with Gasteiger partial charge in [0.25, 0.3) is 0 Å². The molecule has 1 aromatic carbocycles. The van der Waals surface area contributed by atoms with E-state index in [1.54, 1.807) is 0 Å². The number of carbonyl (C=O) groups excluding carboxylic acids is 1. The number of likely N-dealkylation sites (tertiary alicyclic amines) is 1. The number of H-pyrrole nitrogens is 1. The molecule has 2 N–H and O–H groups in total. The minimum Gasteiger partial charge on any atom is -0.359 e. The summed E-state index contributed by atoms with van der Waals surface area (Å²) in [5.41, 5.74) is 1.91. The van der Waals surface area contributed by atoms with Crippen molar-refractivity contribution in [2.75, 3.05) is 18.4 Å². The maximum absolute atomic E-state index is 12.3. The Hall–Kier alpha value is -1.97. The second-order valence-electron chi connectivity index (χ2n) is 5.37. The maximum Gasteiger partial charge on any atom is 0.321 e. The number of carbonyl (C=O) groups is 1. The van der Waals surface area contributed by atoms with Gasteiger partial charge in [0.05, 0.1) is 5.69 Å². The average molecular weight is 257 g/mol. The number of fused-ring (bicyclic) bond motifs is 1. The third-order valence-electron chi connectivity index (χ3n) is 3.78. The van der Waals surface area contributed by atoms with Crippen LogP contribution in [-0.4, -0.2) is 29.0 Å². The summed E-state index contributed by atoms with van der Waals surface area (Å²) < 4.78 is 0. The molecule has 1 fully saturated rings. The van der Waals surface area contributed by atoms with E-state index in [-0.39, 0.29) is 6.03 Å². The predicted octanol–water partition coefficient (Wildman–Crippen LogP) is 3.43. The van der Waals surface area contributed by atoms with Crippen molar-refractivity contribution >= 4 is 22.6 Å². The summed E-state index contributed by atoms with van der Waals surface area (Å²) in [5, 5.41) is 4.07. The number of nitrogens with zero attached hydrogens (tertiary/aromatic N) is 1. The molecule has 4 heteroatoms. The van der Waals surface area contributed by atoms with Gasteiger partial charge < -0.3 is 15.2 Å². The molecule has 1 aliphatic heterocycles. The van der Waals surface area contributed by atoms with Crippen LogP contribution in [-0.2, 0) is 0 Å². The first-order chi connectivity index (χ1) is 9.24. The number of aromatic nitrogens is 1. The van der Waals surface area contributed by atoms with Crippen LogP contribution in [0.4, 0.5) is 10.5 Å². The Morgan fingerprint density at radius 2 is 2.26 bits per heavy atom. The third-order valence-corrected chi connectivity index (χ3v) is 3.78. The van der Waals surface area contributed by atoms with E-state index in [1.165, 1.54) is 6.42 Å². The summed E-state index contributed by atoms with van der Waals surface area (Å²) >= 11 is 0. The van der Waals surface area contributed by atoms with Crippen molar-refractivity contribution in [3.05, 3.63) is 30.5 Å². The van der Waals surface area contributed by atoms with Gasteiger partial charge in [0, 0.05) is 30.2 Å². The Morgan fingerprint density at radius 1 is 1.42 bits per heavy atom. The van der Waals surface area contributed by atoms with Gasteiger partial charge in [-0.3, -0.25) is 0 Å². The largest absolute Gasteiger partial charge is 0.359 e. The number of hydrogen-bond donors (Lipinski definition) is 2. The first kappa shape index (κ1) is 12.1. The molecule has 2 amide bonds. The fourth-order valence-electron chi connectivity index (χ4n) is 2.74. The van der Waals surface area contributed by atoms with Crippen molar-refractivity contribution in [1.82, 2.24) is 9.88 Å². The quantitative estimate of drug-likeness (QED) is 0.807. The van der Waals surface area contributed by atoms with Crippen LogP contribution in [0, 0.1) is 5.92 Å². The number of nitrogens with one attached hydrogen (secondary N) is 2. The van der Waals surface area contributed by atoms with E-state index >= 15 is 0 Å². The Kier molecular flexibility index (Phi) is 3.15. The van der Waals surface area contributed by atoms with Gasteiger partial charge in [-0.1, -0.05) is 25.1 Å². The summed E-state index contributed by atoms with van der Waals surface area (Å²) in [7, 11) is 0. The smallest absolute Gasteiger partial charge is 0.321 e. The third kappa shape index (κ3) is 2.43. The maximum atomic E-state index is 12.3. The molecule has 0 saturated carbocycles. The van der Waals surface area contributed by atoms with Gasteiger partial charge in [-0.05, 0) is 24.8 Å². The number of rotatable bonds is 1. The van der Waals surface area contributed by atoms with Gasteiger partial charge >= 0.3 is 6.03 Å². The number of urea groups is 1. The monoisotopic (exact) mass is 257 g/mol. The molecule has 0 bridgehead atoms. The molecular weight excluding hydrogens is 238 g/mol. The van der Waals surface area contributed by atoms with E-state index in [0.717, 1.165) is 36.1 Å². The number of para-hydroxylation sites is 1. The lowest BCUT2D eigenvalue weighted by atomic mass is 10.0. The van der Waals surface area contributed by atoms with E-state index in [4.69, 9.17) is 0 Å². The fraction of sp³-hybridized carbons (Fsp3) is 0.400. The minimum absolute atomic E-state index is 0.0105. The van der Waals surface area contributed by atoms with E-state index in [2.05, 4.69) is 17.2 Å². The van der Waals surface area contributed by atoms with Gasteiger partial charge in [-0.25, -0.2) is 4.79 Å². The number of benzene rings is 1. The molecule has 2 heterocycles. The zero-order valence-corrected chi connectivity index (χ0v) is 11.1. The SMILES string of the molecule is C[C@H]1CCCN(C(=O)Nc2c[nH]c3ccccc23)C1. The number of piperidine rings is 1. The van der Waals surface area contributed by atoms with Gasteiger partial charge in [0.1, 0.15) is 0 Å².